The van der Waals surface area contributed by atoms with Gasteiger partial charge in [-0.25, -0.2) is 0 Å². The highest BCUT2D eigenvalue weighted by molar-refractivity contribution is 6.49. The lowest BCUT2D eigenvalue weighted by Crippen LogP contribution is -2.53. The van der Waals surface area contributed by atoms with Gasteiger partial charge in [0.05, 0.1) is 30.9 Å². The molecule has 2 aliphatic carbocycles. The van der Waals surface area contributed by atoms with Gasteiger partial charge in [0, 0.05) is 22.3 Å². The van der Waals surface area contributed by atoms with Crippen LogP contribution in [0.1, 0.15) is 33.4 Å². The lowest BCUT2D eigenvalue weighted by molar-refractivity contribution is -0.114. The van der Waals surface area contributed by atoms with Crippen LogP contribution in [0.3, 0.4) is 0 Å². The molecule has 6 aromatic rings. The first-order valence-corrected chi connectivity index (χ1v) is 20.1. The van der Waals surface area contributed by atoms with Crippen LogP contribution in [0.4, 0.5) is 0 Å². The van der Waals surface area contributed by atoms with Crippen molar-refractivity contribution < 1.29 is 4.74 Å². The zero-order valence-corrected chi connectivity index (χ0v) is 33.7. The molecule has 6 aromatic carbocycles. The summed E-state index contributed by atoms with van der Waals surface area (Å²) in [4.78, 5) is 0. The summed E-state index contributed by atoms with van der Waals surface area (Å²) >= 11 is 46.9. The Kier molecular flexibility index (Phi) is 10.9. The van der Waals surface area contributed by atoms with Crippen molar-refractivity contribution in [2.24, 2.45) is 0 Å². The van der Waals surface area contributed by atoms with Gasteiger partial charge in [-0.05, 0) is 33.4 Å². The van der Waals surface area contributed by atoms with Crippen molar-refractivity contribution in [1.82, 2.24) is 0 Å². The standard InChI is InChI=1S/C48H32Cl6O/c49-41-37(31-19-7-1-8-20-31)43(51)47(35-27-15-5-16-28-35,44(52)38(41)32-21-9-2-10-22-32)55-48(36-29-17-6-18-30-36)45(53)39(33-23-11-3-12-24-33)42(50)40(46(48)54)34-25-13-4-14-26-34/h1-30,43,45H. The van der Waals surface area contributed by atoms with Crippen LogP contribution < -0.4 is 0 Å². The largest absolute Gasteiger partial charge is 0.344 e. The molecule has 8 rings (SSSR count). The van der Waals surface area contributed by atoms with Crippen molar-refractivity contribution in [3.63, 3.8) is 0 Å². The maximum Gasteiger partial charge on any atom is 0.151 e. The van der Waals surface area contributed by atoms with E-state index in [1.165, 1.54) is 0 Å². The van der Waals surface area contributed by atoms with Gasteiger partial charge in [-0.2, -0.15) is 0 Å². The SMILES string of the molecule is ClC1=C(c2ccccc2)C(Cl)C(OC2(c3ccccc3)C(Cl)=C(c3ccccc3)C(Cl)=C(c3ccccc3)C2Cl)(c2ccccc2)C(Cl)=C1c1ccccc1. The van der Waals surface area contributed by atoms with Gasteiger partial charge in [-0.15, -0.1) is 23.2 Å². The molecule has 0 aromatic heterocycles. The highest BCUT2D eigenvalue weighted by Crippen LogP contribution is 2.64. The minimum Gasteiger partial charge on any atom is -0.344 e. The second-order valence-corrected chi connectivity index (χ2v) is 15.7. The first-order valence-electron chi connectivity index (χ1n) is 17.7. The Morgan fingerprint density at radius 1 is 0.345 bits per heavy atom. The molecule has 0 saturated carbocycles. The molecule has 55 heavy (non-hydrogen) atoms. The lowest BCUT2D eigenvalue weighted by Gasteiger charge is -2.52. The van der Waals surface area contributed by atoms with Gasteiger partial charge in [0.15, 0.2) is 11.2 Å². The fourth-order valence-electron chi connectivity index (χ4n) is 7.67. The molecule has 0 saturated heterocycles. The molecule has 0 bridgehead atoms. The molecule has 7 heteroatoms. The summed E-state index contributed by atoms with van der Waals surface area (Å²) in [6.07, 6.45) is 0. The zero-order chi connectivity index (χ0) is 38.2. The lowest BCUT2D eigenvalue weighted by atomic mass is 9.73. The van der Waals surface area contributed by atoms with Crippen molar-refractivity contribution in [3.8, 4) is 0 Å². The molecule has 0 fully saturated rings. The van der Waals surface area contributed by atoms with Gasteiger partial charge in [-0.1, -0.05) is 228 Å². The third kappa shape index (κ3) is 6.41. The summed E-state index contributed by atoms with van der Waals surface area (Å²) in [5.74, 6) is 0. The summed E-state index contributed by atoms with van der Waals surface area (Å²) < 4.78 is 8.00. The number of allylic oxidation sites excluding steroid dienone is 4. The maximum atomic E-state index is 8.00. The summed E-state index contributed by atoms with van der Waals surface area (Å²) in [5.41, 5.74) is 3.71. The van der Waals surface area contributed by atoms with Gasteiger partial charge in [-0.3, -0.25) is 0 Å². The Bertz CT molecular complexity index is 2270. The topological polar surface area (TPSA) is 9.23 Å². The highest BCUT2D eigenvalue weighted by atomic mass is 35.5. The van der Waals surface area contributed by atoms with E-state index in [-0.39, 0.29) is 10.1 Å². The number of benzene rings is 6. The summed E-state index contributed by atoms with van der Waals surface area (Å²) in [5, 5.41) is -0.613. The Labute approximate surface area is 351 Å². The van der Waals surface area contributed by atoms with Gasteiger partial charge >= 0.3 is 0 Å². The van der Waals surface area contributed by atoms with Crippen LogP contribution in [0.2, 0.25) is 0 Å². The Balaban J connectivity index is 1.52. The third-order valence-corrected chi connectivity index (χ3v) is 13.0. The van der Waals surface area contributed by atoms with Crippen LogP contribution in [0.5, 0.6) is 0 Å². The van der Waals surface area contributed by atoms with E-state index in [4.69, 9.17) is 74.3 Å². The third-order valence-electron chi connectivity index (χ3n) is 10.2. The number of alkyl halides is 2. The van der Waals surface area contributed by atoms with E-state index in [1.54, 1.807) is 0 Å². The van der Waals surface area contributed by atoms with Crippen molar-refractivity contribution >= 4 is 91.9 Å². The number of hydrogen-bond acceptors (Lipinski definition) is 1. The Morgan fingerprint density at radius 3 is 0.891 bits per heavy atom. The second-order valence-electron chi connectivity index (χ2n) is 13.3. The highest BCUT2D eigenvalue weighted by Gasteiger charge is 2.60. The van der Waals surface area contributed by atoms with Crippen molar-refractivity contribution in [2.45, 2.75) is 22.0 Å². The summed E-state index contributed by atoms with van der Waals surface area (Å²) in [6, 6.07) is 58.7. The van der Waals surface area contributed by atoms with Crippen LogP contribution in [-0.2, 0) is 15.9 Å². The molecular weight excluding hydrogens is 805 g/mol. The average Bonchev–Trinajstić information content (AvgIpc) is 3.23. The fraction of sp³-hybridized carbons (Fsp3) is 0.0833. The first-order chi connectivity index (χ1) is 26.8. The molecule has 0 N–H and O–H groups in total. The second kappa shape index (κ2) is 15.8. The van der Waals surface area contributed by atoms with Crippen molar-refractivity contribution in [3.05, 3.63) is 236 Å². The normalized spacial score (nSPS) is 23.0. The average molecular weight is 838 g/mol. The van der Waals surface area contributed by atoms with Gasteiger partial charge in [0.1, 0.15) is 0 Å². The van der Waals surface area contributed by atoms with Crippen molar-refractivity contribution in [2.75, 3.05) is 0 Å². The quantitative estimate of drug-likeness (QED) is 0.139. The van der Waals surface area contributed by atoms with E-state index in [9.17, 15) is 0 Å². The minimum absolute atomic E-state index is 0.279. The monoisotopic (exact) mass is 834 g/mol. The summed E-state index contributed by atoms with van der Waals surface area (Å²) in [6.45, 7) is 0. The maximum absolute atomic E-state index is 8.00. The summed E-state index contributed by atoms with van der Waals surface area (Å²) in [7, 11) is 0. The Morgan fingerprint density at radius 2 is 0.600 bits per heavy atom. The molecule has 0 amide bonds. The van der Waals surface area contributed by atoms with Crippen LogP contribution in [0.15, 0.2) is 202 Å². The van der Waals surface area contributed by atoms with Crippen LogP contribution >= 0.6 is 69.6 Å². The molecule has 1 nitrogen and oxygen atoms in total. The fourth-order valence-corrected chi connectivity index (χ4v) is 10.8. The molecule has 4 unspecified atom stereocenters. The van der Waals surface area contributed by atoms with E-state index >= 15 is 0 Å². The molecule has 0 radical (unpaired) electrons. The molecule has 272 valence electrons. The number of rotatable bonds is 8. The van der Waals surface area contributed by atoms with E-state index in [0.29, 0.717) is 43.5 Å². The van der Waals surface area contributed by atoms with Crippen molar-refractivity contribution in [1.29, 1.82) is 0 Å². The predicted molar refractivity (Wildman–Crippen MR) is 233 cm³/mol. The van der Waals surface area contributed by atoms with Gasteiger partial charge in [0.25, 0.3) is 0 Å². The predicted octanol–water partition coefficient (Wildman–Crippen LogP) is 14.6. The molecule has 4 atom stereocenters. The number of halogens is 6. The van der Waals surface area contributed by atoms with E-state index in [0.717, 1.165) is 22.3 Å². The van der Waals surface area contributed by atoms with Gasteiger partial charge in [0.2, 0.25) is 0 Å². The smallest absolute Gasteiger partial charge is 0.151 e. The van der Waals surface area contributed by atoms with E-state index < -0.39 is 22.0 Å². The molecule has 0 heterocycles. The minimum atomic E-state index is -1.64. The van der Waals surface area contributed by atoms with E-state index in [1.807, 2.05) is 182 Å². The Hall–Kier alpha value is -4.02. The van der Waals surface area contributed by atoms with E-state index in [2.05, 4.69) is 0 Å². The molecule has 0 aliphatic heterocycles. The number of hydrogen-bond donors (Lipinski definition) is 0. The van der Waals surface area contributed by atoms with Gasteiger partial charge < -0.3 is 4.74 Å². The molecule has 2 aliphatic rings. The molecular formula is C48H32Cl6O. The first kappa shape index (κ1) is 37.9. The van der Waals surface area contributed by atoms with Crippen LogP contribution in [0, 0.1) is 0 Å². The van der Waals surface area contributed by atoms with Crippen LogP contribution in [-0.4, -0.2) is 10.8 Å². The van der Waals surface area contributed by atoms with Crippen LogP contribution in [0.25, 0.3) is 22.3 Å². The zero-order valence-electron chi connectivity index (χ0n) is 29.2. The molecule has 0 spiro atoms. The number of ether oxygens (including phenoxy) is 1.